The first kappa shape index (κ1) is 5.96. The predicted molar refractivity (Wildman–Crippen MR) is 43.4 cm³/mol. The molecular formula is C10H12. The van der Waals surface area contributed by atoms with Gasteiger partial charge in [-0.1, -0.05) is 19.1 Å². The van der Waals surface area contributed by atoms with Gasteiger partial charge < -0.3 is 0 Å². The van der Waals surface area contributed by atoms with Gasteiger partial charge in [0.2, 0.25) is 0 Å². The van der Waals surface area contributed by atoms with Gasteiger partial charge in [-0.15, -0.1) is 0 Å². The van der Waals surface area contributed by atoms with E-state index in [1.807, 2.05) is 0 Å². The number of rotatable bonds is 1. The lowest BCUT2D eigenvalue weighted by molar-refractivity contribution is 1.11. The molecule has 0 radical (unpaired) electrons. The Labute approximate surface area is 61.9 Å². The van der Waals surface area contributed by atoms with Gasteiger partial charge >= 0.3 is 0 Å². The van der Waals surface area contributed by atoms with E-state index in [9.17, 15) is 0 Å². The maximum Gasteiger partial charge on any atom is -0.00199 e. The largest absolute Gasteiger partial charge is 0.0613 e. The second kappa shape index (κ2) is 1.85. The zero-order valence-electron chi connectivity index (χ0n) is 6.57. The van der Waals surface area contributed by atoms with Gasteiger partial charge in [0.15, 0.2) is 0 Å². The van der Waals surface area contributed by atoms with Crippen molar-refractivity contribution >= 4 is 0 Å². The van der Waals surface area contributed by atoms with E-state index in [1.165, 1.54) is 24.0 Å². The molecule has 0 unspecified atom stereocenters. The van der Waals surface area contributed by atoms with Gasteiger partial charge in [0.05, 0.1) is 0 Å². The number of benzene rings is 1. The van der Waals surface area contributed by atoms with E-state index in [-0.39, 0.29) is 0 Å². The SMILES string of the molecule is CCc1cc2c(cc1C)C2. The van der Waals surface area contributed by atoms with Crippen molar-refractivity contribution in [2.75, 3.05) is 0 Å². The molecule has 0 saturated heterocycles. The molecule has 0 aromatic heterocycles. The normalized spacial score (nSPS) is 13.0. The van der Waals surface area contributed by atoms with Crippen LogP contribution in [0.25, 0.3) is 0 Å². The molecule has 0 N–H and O–H groups in total. The van der Waals surface area contributed by atoms with Crippen molar-refractivity contribution in [3.63, 3.8) is 0 Å². The summed E-state index contributed by atoms with van der Waals surface area (Å²) in [4.78, 5) is 0. The molecule has 10 heavy (non-hydrogen) atoms. The predicted octanol–water partition coefficient (Wildman–Crippen LogP) is 2.46. The van der Waals surface area contributed by atoms with Gasteiger partial charge in [-0.25, -0.2) is 0 Å². The summed E-state index contributed by atoms with van der Waals surface area (Å²) in [5, 5.41) is 0. The molecule has 0 heterocycles. The quantitative estimate of drug-likeness (QED) is 0.559. The molecular weight excluding hydrogens is 120 g/mol. The summed E-state index contributed by atoms with van der Waals surface area (Å²) in [6.07, 6.45) is 2.43. The lowest BCUT2D eigenvalue weighted by atomic mass is 10.1. The lowest BCUT2D eigenvalue weighted by Crippen LogP contribution is -1.82. The maximum atomic E-state index is 2.35. The fourth-order valence-electron chi connectivity index (χ4n) is 1.51. The molecule has 0 heteroatoms. The third-order valence-corrected chi connectivity index (χ3v) is 2.29. The number of aryl methyl sites for hydroxylation is 2. The van der Waals surface area contributed by atoms with Crippen molar-refractivity contribution in [1.29, 1.82) is 0 Å². The summed E-state index contributed by atoms with van der Waals surface area (Å²) in [5.74, 6) is 0. The van der Waals surface area contributed by atoms with Crippen molar-refractivity contribution in [3.8, 4) is 0 Å². The zero-order chi connectivity index (χ0) is 7.14. The van der Waals surface area contributed by atoms with Crippen LogP contribution in [-0.4, -0.2) is 0 Å². The summed E-state index contributed by atoms with van der Waals surface area (Å²) in [6.45, 7) is 4.43. The molecule has 0 bridgehead atoms. The van der Waals surface area contributed by atoms with E-state index in [2.05, 4.69) is 26.0 Å². The minimum Gasteiger partial charge on any atom is -0.0613 e. The average molecular weight is 132 g/mol. The minimum atomic E-state index is 1.18. The van der Waals surface area contributed by atoms with Crippen molar-refractivity contribution in [1.82, 2.24) is 0 Å². The highest BCUT2D eigenvalue weighted by Crippen LogP contribution is 2.30. The Morgan fingerprint density at radius 2 is 2.00 bits per heavy atom. The molecule has 0 atom stereocenters. The molecule has 1 aliphatic carbocycles. The molecule has 0 amide bonds. The number of hydrogen-bond acceptors (Lipinski definition) is 0. The van der Waals surface area contributed by atoms with Crippen LogP contribution in [0, 0.1) is 6.92 Å². The van der Waals surface area contributed by atoms with E-state index >= 15 is 0 Å². The number of fused-ring (bicyclic) bond motifs is 1. The highest BCUT2D eigenvalue weighted by Gasteiger charge is 2.16. The van der Waals surface area contributed by atoms with E-state index in [0.717, 1.165) is 0 Å². The summed E-state index contributed by atoms with van der Waals surface area (Å²) < 4.78 is 0. The monoisotopic (exact) mass is 132 g/mol. The van der Waals surface area contributed by atoms with Crippen LogP contribution in [0.4, 0.5) is 0 Å². The van der Waals surface area contributed by atoms with Gasteiger partial charge in [-0.3, -0.25) is 0 Å². The highest BCUT2D eigenvalue weighted by molar-refractivity contribution is 5.50. The third-order valence-electron chi connectivity index (χ3n) is 2.29. The topological polar surface area (TPSA) is 0 Å². The number of hydrogen-bond donors (Lipinski definition) is 0. The second-order valence-corrected chi connectivity index (χ2v) is 3.08. The Morgan fingerprint density at radius 3 is 2.70 bits per heavy atom. The molecule has 1 aromatic carbocycles. The first-order valence-corrected chi connectivity index (χ1v) is 3.92. The molecule has 0 nitrogen and oxygen atoms in total. The minimum absolute atomic E-state index is 1.18. The summed E-state index contributed by atoms with van der Waals surface area (Å²) in [7, 11) is 0. The van der Waals surface area contributed by atoms with Crippen molar-refractivity contribution < 1.29 is 0 Å². The smallest absolute Gasteiger partial charge is 0.00199 e. The Balaban J connectivity index is 2.52. The van der Waals surface area contributed by atoms with Crippen molar-refractivity contribution in [2.24, 2.45) is 0 Å². The fourth-order valence-corrected chi connectivity index (χ4v) is 1.51. The molecule has 1 aliphatic rings. The van der Waals surface area contributed by atoms with Crippen LogP contribution in [0.3, 0.4) is 0 Å². The van der Waals surface area contributed by atoms with Crippen LogP contribution in [0.1, 0.15) is 29.2 Å². The summed E-state index contributed by atoms with van der Waals surface area (Å²) in [6, 6.07) is 4.68. The van der Waals surface area contributed by atoms with E-state index in [4.69, 9.17) is 0 Å². The Bertz CT molecular complexity index is 272. The summed E-state index contributed by atoms with van der Waals surface area (Å²) >= 11 is 0. The van der Waals surface area contributed by atoms with Gasteiger partial charge in [0.25, 0.3) is 0 Å². The lowest BCUT2D eigenvalue weighted by Gasteiger charge is -1.98. The molecule has 0 fully saturated rings. The second-order valence-electron chi connectivity index (χ2n) is 3.08. The highest BCUT2D eigenvalue weighted by atomic mass is 14.2. The van der Waals surface area contributed by atoms with E-state index in [0.29, 0.717) is 0 Å². The average Bonchev–Trinajstić information content (AvgIpc) is 2.64. The van der Waals surface area contributed by atoms with Crippen LogP contribution in [0.15, 0.2) is 12.1 Å². The van der Waals surface area contributed by atoms with Crippen molar-refractivity contribution in [2.45, 2.75) is 26.7 Å². The zero-order valence-corrected chi connectivity index (χ0v) is 6.57. The molecule has 1 aromatic rings. The van der Waals surface area contributed by atoms with Crippen LogP contribution < -0.4 is 0 Å². The summed E-state index contributed by atoms with van der Waals surface area (Å²) in [5.41, 5.74) is 6.13. The van der Waals surface area contributed by atoms with Crippen LogP contribution in [0.2, 0.25) is 0 Å². The van der Waals surface area contributed by atoms with Crippen LogP contribution in [-0.2, 0) is 12.8 Å². The molecule has 0 spiro atoms. The van der Waals surface area contributed by atoms with Gasteiger partial charge in [-0.2, -0.15) is 0 Å². The Kier molecular flexibility index (Phi) is 1.10. The van der Waals surface area contributed by atoms with E-state index < -0.39 is 0 Å². The molecule has 0 saturated carbocycles. The molecule has 52 valence electrons. The standard InChI is InChI=1S/C10H12/c1-3-8-5-10-6-9(10)4-7(8)2/h4-5H,3,6H2,1-2H3. The Morgan fingerprint density at radius 1 is 1.30 bits per heavy atom. The molecule has 2 rings (SSSR count). The third kappa shape index (κ3) is 0.756. The first-order chi connectivity index (χ1) is 4.81. The van der Waals surface area contributed by atoms with Gasteiger partial charge in [0, 0.05) is 0 Å². The van der Waals surface area contributed by atoms with Crippen LogP contribution in [0.5, 0.6) is 0 Å². The van der Waals surface area contributed by atoms with Gasteiger partial charge in [-0.05, 0) is 42.0 Å². The Hall–Kier alpha value is -0.780. The fraction of sp³-hybridized carbons (Fsp3) is 0.400. The van der Waals surface area contributed by atoms with Crippen molar-refractivity contribution in [3.05, 3.63) is 34.4 Å². The van der Waals surface area contributed by atoms with E-state index in [1.54, 1.807) is 11.1 Å². The first-order valence-electron chi connectivity index (χ1n) is 3.92. The van der Waals surface area contributed by atoms with Gasteiger partial charge in [0.1, 0.15) is 0 Å². The maximum absolute atomic E-state index is 2.35. The van der Waals surface area contributed by atoms with Crippen LogP contribution >= 0.6 is 0 Å². The molecule has 0 aliphatic heterocycles.